The van der Waals surface area contributed by atoms with Crippen molar-refractivity contribution in [2.75, 3.05) is 19.0 Å². The van der Waals surface area contributed by atoms with Crippen molar-refractivity contribution in [2.24, 2.45) is 0 Å². The van der Waals surface area contributed by atoms with Gasteiger partial charge in [-0.15, -0.1) is 11.6 Å². The summed E-state index contributed by atoms with van der Waals surface area (Å²) in [6.07, 6.45) is -0.135. The van der Waals surface area contributed by atoms with Crippen molar-refractivity contribution < 1.29 is 13.9 Å². The third-order valence-electron chi connectivity index (χ3n) is 2.45. The van der Waals surface area contributed by atoms with Gasteiger partial charge in [-0.3, -0.25) is 4.79 Å². The largest absolute Gasteiger partial charge is 0.484 e. The number of likely N-dealkylation sites (tertiary alicyclic amines) is 1. The molecule has 0 radical (unpaired) electrons. The van der Waals surface area contributed by atoms with E-state index in [0.717, 1.165) is 0 Å². The molecule has 1 fully saturated rings. The lowest BCUT2D eigenvalue weighted by Crippen LogP contribution is -2.56. The van der Waals surface area contributed by atoms with E-state index in [9.17, 15) is 9.18 Å². The molecule has 0 aliphatic carbocycles. The number of rotatable bonds is 3. The zero-order chi connectivity index (χ0) is 11.5. The highest BCUT2D eigenvalue weighted by molar-refractivity contribution is 6.27. The molecule has 0 N–H and O–H groups in total. The van der Waals surface area contributed by atoms with E-state index in [-0.39, 0.29) is 29.5 Å². The molecule has 0 bridgehead atoms. The van der Waals surface area contributed by atoms with Gasteiger partial charge >= 0.3 is 0 Å². The van der Waals surface area contributed by atoms with Gasteiger partial charge in [-0.25, -0.2) is 4.39 Å². The molecule has 5 heteroatoms. The van der Waals surface area contributed by atoms with E-state index in [1.54, 1.807) is 23.1 Å². The van der Waals surface area contributed by atoms with Gasteiger partial charge in [0, 0.05) is 0 Å². The fourth-order valence-corrected chi connectivity index (χ4v) is 1.69. The Morgan fingerprint density at radius 3 is 2.81 bits per heavy atom. The molecule has 0 aromatic heterocycles. The first kappa shape index (κ1) is 11.2. The number of halogens is 2. The van der Waals surface area contributed by atoms with Crippen LogP contribution >= 0.6 is 11.6 Å². The maximum Gasteiger partial charge on any atom is 0.237 e. The average Bonchev–Trinajstić information content (AvgIpc) is 2.24. The van der Waals surface area contributed by atoms with Crippen LogP contribution in [0.3, 0.4) is 0 Å². The van der Waals surface area contributed by atoms with Crippen LogP contribution in [0, 0.1) is 5.82 Å². The van der Waals surface area contributed by atoms with Crippen LogP contribution in [0.1, 0.15) is 0 Å². The van der Waals surface area contributed by atoms with E-state index in [1.165, 1.54) is 6.07 Å². The van der Waals surface area contributed by atoms with Gasteiger partial charge < -0.3 is 9.64 Å². The standard InChI is InChI=1S/C11H11ClFNO2/c12-5-11(15)14-6-8(7-14)16-10-4-2-1-3-9(10)13/h1-4,8H,5-7H2. The SMILES string of the molecule is O=C(CCl)N1CC(Oc2ccccc2F)C1. The molecule has 1 aromatic rings. The second-order valence-electron chi connectivity index (χ2n) is 3.60. The number of amides is 1. The summed E-state index contributed by atoms with van der Waals surface area (Å²) in [4.78, 5) is 12.7. The molecule has 0 unspecified atom stereocenters. The Kier molecular flexibility index (Phi) is 3.29. The van der Waals surface area contributed by atoms with Crippen molar-refractivity contribution in [2.45, 2.75) is 6.10 Å². The molecule has 1 aliphatic rings. The Labute approximate surface area is 97.8 Å². The van der Waals surface area contributed by atoms with Crippen LogP contribution in [-0.2, 0) is 4.79 Å². The van der Waals surface area contributed by atoms with Crippen molar-refractivity contribution in [3.8, 4) is 5.75 Å². The van der Waals surface area contributed by atoms with E-state index in [2.05, 4.69) is 0 Å². The second-order valence-corrected chi connectivity index (χ2v) is 3.87. The van der Waals surface area contributed by atoms with Crippen LogP contribution in [0.4, 0.5) is 4.39 Å². The molecule has 2 rings (SSSR count). The first-order chi connectivity index (χ1) is 7.70. The number of nitrogens with zero attached hydrogens (tertiary/aromatic N) is 1. The highest BCUT2D eigenvalue weighted by atomic mass is 35.5. The number of hydrogen-bond donors (Lipinski definition) is 0. The van der Waals surface area contributed by atoms with Crippen LogP contribution in [0.2, 0.25) is 0 Å². The fraction of sp³-hybridized carbons (Fsp3) is 0.364. The van der Waals surface area contributed by atoms with Crippen molar-refractivity contribution in [1.29, 1.82) is 0 Å². The Morgan fingerprint density at radius 2 is 2.19 bits per heavy atom. The first-order valence-corrected chi connectivity index (χ1v) is 5.49. The lowest BCUT2D eigenvalue weighted by atomic mass is 10.1. The zero-order valence-corrected chi connectivity index (χ0v) is 9.28. The van der Waals surface area contributed by atoms with Crippen molar-refractivity contribution >= 4 is 17.5 Å². The summed E-state index contributed by atoms with van der Waals surface area (Å²) in [6.45, 7) is 0.944. The highest BCUT2D eigenvalue weighted by Crippen LogP contribution is 2.21. The predicted molar refractivity (Wildman–Crippen MR) is 58.1 cm³/mol. The molecule has 1 heterocycles. The number of benzene rings is 1. The number of hydrogen-bond acceptors (Lipinski definition) is 2. The van der Waals surface area contributed by atoms with Crippen LogP contribution in [0.15, 0.2) is 24.3 Å². The van der Waals surface area contributed by atoms with E-state index in [1.807, 2.05) is 0 Å². The number of para-hydroxylation sites is 1. The maximum absolute atomic E-state index is 13.2. The summed E-state index contributed by atoms with van der Waals surface area (Å²) >= 11 is 5.40. The van der Waals surface area contributed by atoms with Gasteiger partial charge in [-0.05, 0) is 12.1 Å². The Hall–Kier alpha value is -1.29. The average molecular weight is 244 g/mol. The van der Waals surface area contributed by atoms with E-state index < -0.39 is 0 Å². The van der Waals surface area contributed by atoms with E-state index in [0.29, 0.717) is 13.1 Å². The number of carbonyl (C=O) groups excluding carboxylic acids is 1. The predicted octanol–water partition coefficient (Wildman–Crippen LogP) is 1.65. The number of ether oxygens (including phenoxy) is 1. The lowest BCUT2D eigenvalue weighted by molar-refractivity contribution is -0.137. The van der Waals surface area contributed by atoms with Gasteiger partial charge in [-0.1, -0.05) is 12.1 Å². The third-order valence-corrected chi connectivity index (χ3v) is 2.67. The molecule has 0 atom stereocenters. The molecule has 0 spiro atoms. The van der Waals surface area contributed by atoms with Crippen LogP contribution in [0.25, 0.3) is 0 Å². The minimum Gasteiger partial charge on any atom is -0.484 e. The van der Waals surface area contributed by atoms with Gasteiger partial charge in [0.15, 0.2) is 11.6 Å². The van der Waals surface area contributed by atoms with E-state index in [4.69, 9.17) is 16.3 Å². The molecule has 1 amide bonds. The van der Waals surface area contributed by atoms with Gasteiger partial charge in [0.1, 0.15) is 12.0 Å². The molecule has 0 saturated carbocycles. The summed E-state index contributed by atoms with van der Waals surface area (Å²) in [7, 11) is 0. The molecular formula is C11H11ClFNO2. The summed E-state index contributed by atoms with van der Waals surface area (Å²) in [5.41, 5.74) is 0. The third kappa shape index (κ3) is 2.27. The molecular weight excluding hydrogens is 233 g/mol. The maximum atomic E-state index is 13.2. The summed E-state index contributed by atoms with van der Waals surface area (Å²) in [6, 6.07) is 6.22. The molecule has 16 heavy (non-hydrogen) atoms. The molecule has 1 aliphatic heterocycles. The smallest absolute Gasteiger partial charge is 0.237 e. The quantitative estimate of drug-likeness (QED) is 0.756. The number of alkyl halides is 1. The lowest BCUT2D eigenvalue weighted by Gasteiger charge is -2.38. The van der Waals surface area contributed by atoms with Crippen LogP contribution in [0.5, 0.6) is 5.75 Å². The Morgan fingerprint density at radius 1 is 1.50 bits per heavy atom. The molecule has 1 aromatic carbocycles. The summed E-state index contributed by atoms with van der Waals surface area (Å²) in [5.74, 6) is -0.294. The van der Waals surface area contributed by atoms with Gasteiger partial charge in [-0.2, -0.15) is 0 Å². The normalized spacial score (nSPS) is 15.8. The number of carbonyl (C=O) groups is 1. The van der Waals surface area contributed by atoms with Crippen LogP contribution < -0.4 is 4.74 Å². The summed E-state index contributed by atoms with van der Waals surface area (Å²) < 4.78 is 18.6. The van der Waals surface area contributed by atoms with Gasteiger partial charge in [0.05, 0.1) is 13.1 Å². The second kappa shape index (κ2) is 4.70. The van der Waals surface area contributed by atoms with Crippen molar-refractivity contribution in [3.05, 3.63) is 30.1 Å². The van der Waals surface area contributed by atoms with Crippen molar-refractivity contribution in [3.63, 3.8) is 0 Å². The summed E-state index contributed by atoms with van der Waals surface area (Å²) in [5, 5.41) is 0. The Balaban J connectivity index is 1.86. The fourth-order valence-electron chi connectivity index (χ4n) is 1.52. The molecule has 3 nitrogen and oxygen atoms in total. The molecule has 1 saturated heterocycles. The van der Waals surface area contributed by atoms with Gasteiger partial charge in [0.2, 0.25) is 5.91 Å². The topological polar surface area (TPSA) is 29.5 Å². The first-order valence-electron chi connectivity index (χ1n) is 4.95. The zero-order valence-electron chi connectivity index (χ0n) is 8.53. The molecule has 86 valence electrons. The Bertz CT molecular complexity index is 393. The van der Waals surface area contributed by atoms with Crippen LogP contribution in [-0.4, -0.2) is 35.9 Å². The highest BCUT2D eigenvalue weighted by Gasteiger charge is 2.31. The van der Waals surface area contributed by atoms with Crippen molar-refractivity contribution in [1.82, 2.24) is 4.90 Å². The van der Waals surface area contributed by atoms with E-state index >= 15 is 0 Å². The monoisotopic (exact) mass is 243 g/mol. The minimum absolute atomic E-state index is 0.0214. The van der Waals surface area contributed by atoms with Gasteiger partial charge in [0.25, 0.3) is 0 Å². The minimum atomic E-state index is -0.385.